The minimum absolute atomic E-state index is 0.112. The second-order valence-corrected chi connectivity index (χ2v) is 4.25. The molecular formula is C15H7O4-. The van der Waals surface area contributed by atoms with Crippen LogP contribution in [0.25, 0.3) is 0 Å². The number of aromatic carboxylic acids is 1. The minimum Gasteiger partial charge on any atom is -0.545 e. The molecule has 3 rings (SSSR count). The van der Waals surface area contributed by atoms with Gasteiger partial charge in [-0.05, 0) is 17.7 Å². The zero-order valence-corrected chi connectivity index (χ0v) is 9.67. The molecule has 0 fully saturated rings. The lowest BCUT2D eigenvalue weighted by Crippen LogP contribution is -2.25. The van der Waals surface area contributed by atoms with Gasteiger partial charge in [-0.2, -0.15) is 0 Å². The quantitative estimate of drug-likeness (QED) is 0.642. The molecule has 0 unspecified atom stereocenters. The maximum absolute atomic E-state index is 12.3. The van der Waals surface area contributed by atoms with Gasteiger partial charge in [-0.25, -0.2) is 0 Å². The molecule has 1 aliphatic carbocycles. The Hall–Kier alpha value is -2.75. The molecule has 0 heterocycles. The summed E-state index contributed by atoms with van der Waals surface area (Å²) in [6.45, 7) is 0. The van der Waals surface area contributed by atoms with E-state index in [4.69, 9.17) is 0 Å². The molecule has 0 N–H and O–H groups in total. The highest BCUT2D eigenvalue weighted by Crippen LogP contribution is 2.27. The first-order chi connectivity index (χ1) is 9.09. The molecule has 2 aromatic rings. The number of carboxylic acid groups (broad SMARTS) is 1. The van der Waals surface area contributed by atoms with Gasteiger partial charge in [0, 0.05) is 22.3 Å². The van der Waals surface area contributed by atoms with Crippen LogP contribution < -0.4 is 5.11 Å². The number of hydrogen-bond donors (Lipinski definition) is 0. The number of carbonyl (C=O) groups is 3. The van der Waals surface area contributed by atoms with E-state index in [1.54, 1.807) is 24.3 Å². The highest BCUT2D eigenvalue weighted by Gasteiger charge is 2.29. The molecule has 0 atom stereocenters. The molecule has 0 amide bonds. The number of ketones is 2. The Balaban J connectivity index is 2.27. The first-order valence-electron chi connectivity index (χ1n) is 5.63. The maximum Gasteiger partial charge on any atom is 0.194 e. The normalized spacial score (nSPS) is 12.8. The van der Waals surface area contributed by atoms with Crippen LogP contribution in [-0.2, 0) is 0 Å². The first-order valence-corrected chi connectivity index (χ1v) is 5.63. The summed E-state index contributed by atoms with van der Waals surface area (Å²) in [7, 11) is 0. The van der Waals surface area contributed by atoms with E-state index in [1.165, 1.54) is 18.2 Å². The Morgan fingerprint density at radius 3 is 1.89 bits per heavy atom. The molecule has 0 saturated carbocycles. The van der Waals surface area contributed by atoms with Crippen LogP contribution in [0.1, 0.15) is 42.2 Å². The van der Waals surface area contributed by atoms with Crippen molar-refractivity contribution in [3.63, 3.8) is 0 Å². The monoisotopic (exact) mass is 251 g/mol. The van der Waals surface area contributed by atoms with Gasteiger partial charge in [0.15, 0.2) is 11.6 Å². The molecule has 0 radical (unpaired) electrons. The van der Waals surface area contributed by atoms with Gasteiger partial charge < -0.3 is 9.90 Å². The van der Waals surface area contributed by atoms with Crippen LogP contribution in [0.15, 0.2) is 42.5 Å². The van der Waals surface area contributed by atoms with E-state index in [9.17, 15) is 19.5 Å². The number of benzene rings is 2. The zero-order chi connectivity index (χ0) is 13.6. The largest absolute Gasteiger partial charge is 0.545 e. The van der Waals surface area contributed by atoms with Gasteiger partial charge in [0.05, 0.1) is 5.97 Å². The van der Waals surface area contributed by atoms with Crippen LogP contribution in [0.5, 0.6) is 0 Å². The molecule has 19 heavy (non-hydrogen) atoms. The smallest absolute Gasteiger partial charge is 0.194 e. The van der Waals surface area contributed by atoms with Crippen molar-refractivity contribution in [2.24, 2.45) is 0 Å². The van der Waals surface area contributed by atoms with Gasteiger partial charge in [-0.1, -0.05) is 30.3 Å². The van der Waals surface area contributed by atoms with Gasteiger partial charge in [-0.15, -0.1) is 0 Å². The molecule has 0 spiro atoms. The van der Waals surface area contributed by atoms with Gasteiger partial charge in [0.2, 0.25) is 0 Å². The van der Waals surface area contributed by atoms with Crippen LogP contribution >= 0.6 is 0 Å². The van der Waals surface area contributed by atoms with Crippen molar-refractivity contribution in [1.82, 2.24) is 0 Å². The van der Waals surface area contributed by atoms with E-state index in [0.717, 1.165) is 0 Å². The zero-order valence-electron chi connectivity index (χ0n) is 9.67. The summed E-state index contributed by atoms with van der Waals surface area (Å²) >= 11 is 0. The summed E-state index contributed by atoms with van der Waals surface area (Å²) < 4.78 is 0. The van der Waals surface area contributed by atoms with Crippen LogP contribution in [0.2, 0.25) is 0 Å². The summed E-state index contributed by atoms with van der Waals surface area (Å²) in [5.74, 6) is -1.98. The second-order valence-electron chi connectivity index (χ2n) is 4.25. The van der Waals surface area contributed by atoms with E-state index in [2.05, 4.69) is 0 Å². The lowest BCUT2D eigenvalue weighted by molar-refractivity contribution is -0.255. The van der Waals surface area contributed by atoms with Gasteiger partial charge in [-0.3, -0.25) is 9.59 Å². The van der Waals surface area contributed by atoms with Crippen molar-refractivity contribution in [1.29, 1.82) is 0 Å². The van der Waals surface area contributed by atoms with Crippen molar-refractivity contribution in [2.75, 3.05) is 0 Å². The molecule has 0 saturated heterocycles. The van der Waals surface area contributed by atoms with Gasteiger partial charge >= 0.3 is 0 Å². The topological polar surface area (TPSA) is 74.3 Å². The van der Waals surface area contributed by atoms with Crippen LogP contribution in [0.4, 0.5) is 0 Å². The fourth-order valence-corrected chi connectivity index (χ4v) is 2.23. The van der Waals surface area contributed by atoms with Gasteiger partial charge in [0.1, 0.15) is 0 Å². The van der Waals surface area contributed by atoms with Crippen molar-refractivity contribution < 1.29 is 19.5 Å². The summed E-state index contributed by atoms with van der Waals surface area (Å²) in [4.78, 5) is 35.3. The predicted molar refractivity (Wildman–Crippen MR) is 64.1 cm³/mol. The SMILES string of the molecule is O=C([O-])c1ccc2c(c1)C(=O)c1ccccc1C2=O. The highest BCUT2D eigenvalue weighted by molar-refractivity contribution is 6.28. The van der Waals surface area contributed by atoms with E-state index in [-0.39, 0.29) is 28.3 Å². The number of carbonyl (C=O) groups excluding carboxylic acids is 3. The third kappa shape index (κ3) is 1.57. The molecule has 2 aromatic carbocycles. The molecule has 4 heteroatoms. The van der Waals surface area contributed by atoms with Crippen molar-refractivity contribution in [2.45, 2.75) is 0 Å². The molecule has 0 bridgehead atoms. The molecule has 0 aromatic heterocycles. The molecule has 0 aliphatic heterocycles. The average molecular weight is 251 g/mol. The number of rotatable bonds is 1. The fourth-order valence-electron chi connectivity index (χ4n) is 2.23. The Kier molecular flexibility index (Phi) is 2.32. The Morgan fingerprint density at radius 2 is 1.32 bits per heavy atom. The van der Waals surface area contributed by atoms with E-state index < -0.39 is 5.97 Å². The van der Waals surface area contributed by atoms with Crippen LogP contribution in [0, 0.1) is 0 Å². The van der Waals surface area contributed by atoms with Gasteiger partial charge in [0.25, 0.3) is 0 Å². The molecule has 92 valence electrons. The van der Waals surface area contributed by atoms with Crippen LogP contribution in [0.3, 0.4) is 0 Å². The molecule has 4 nitrogen and oxygen atoms in total. The standard InChI is InChI=1S/C15H8O4/c16-13-9-3-1-2-4-10(9)14(17)12-7-8(15(18)19)5-6-11(12)13/h1-7H,(H,18,19)/p-1. The maximum atomic E-state index is 12.3. The fraction of sp³-hybridized carbons (Fsp3) is 0. The lowest BCUT2D eigenvalue weighted by atomic mass is 9.83. The summed E-state index contributed by atoms with van der Waals surface area (Å²) in [6, 6.07) is 10.3. The Morgan fingerprint density at radius 1 is 0.789 bits per heavy atom. The summed E-state index contributed by atoms with van der Waals surface area (Å²) in [6.07, 6.45) is 0. The first kappa shape index (κ1) is 11.3. The van der Waals surface area contributed by atoms with Crippen molar-refractivity contribution >= 4 is 17.5 Å². The predicted octanol–water partition coefficient (Wildman–Crippen LogP) is 0.825. The minimum atomic E-state index is -1.37. The molecule has 1 aliphatic rings. The number of carboxylic acids is 1. The van der Waals surface area contributed by atoms with Crippen molar-refractivity contribution in [3.05, 3.63) is 70.3 Å². The number of fused-ring (bicyclic) bond motifs is 2. The van der Waals surface area contributed by atoms with E-state index >= 15 is 0 Å². The average Bonchev–Trinajstić information content (AvgIpc) is 2.44. The van der Waals surface area contributed by atoms with E-state index in [1.807, 2.05) is 0 Å². The third-order valence-corrected chi connectivity index (χ3v) is 3.16. The second kappa shape index (κ2) is 3.88. The van der Waals surface area contributed by atoms with Crippen LogP contribution in [-0.4, -0.2) is 17.5 Å². The van der Waals surface area contributed by atoms with E-state index in [0.29, 0.717) is 11.1 Å². The Labute approximate surface area is 108 Å². The molecular weight excluding hydrogens is 244 g/mol. The Bertz CT molecular complexity index is 744. The lowest BCUT2D eigenvalue weighted by Gasteiger charge is -2.18. The van der Waals surface area contributed by atoms with Crippen molar-refractivity contribution in [3.8, 4) is 0 Å². The third-order valence-electron chi connectivity index (χ3n) is 3.16. The summed E-state index contributed by atoms with van der Waals surface area (Å²) in [5, 5.41) is 10.8. The summed E-state index contributed by atoms with van der Waals surface area (Å²) in [5.41, 5.74) is 0.884. The number of hydrogen-bond acceptors (Lipinski definition) is 4. The highest BCUT2D eigenvalue weighted by atomic mass is 16.4.